The first-order valence-electron chi connectivity index (χ1n) is 19.7. The number of aliphatic imine (C=N–C) groups is 2. The molecule has 0 amide bonds. The summed E-state index contributed by atoms with van der Waals surface area (Å²) in [6.45, 7) is 0. The number of rotatable bonds is 6. The SMILES string of the molecule is c1ccc(C2=NC(c3ccc(-c4cc(-c5ccc6ccccc6c5)nc5c4cc(-c4ccc6ccccc6c4)c4ccccc45)cc3)=NC(c3ccccc3)N2)cc1. The summed E-state index contributed by atoms with van der Waals surface area (Å²) in [6.07, 6.45) is -0.265. The summed E-state index contributed by atoms with van der Waals surface area (Å²) in [7, 11) is 0. The quantitative estimate of drug-likeness (QED) is 0.173. The van der Waals surface area contributed by atoms with E-state index in [9.17, 15) is 0 Å². The molecule has 9 aromatic carbocycles. The van der Waals surface area contributed by atoms with E-state index in [4.69, 9.17) is 15.0 Å². The highest BCUT2D eigenvalue weighted by Crippen LogP contribution is 2.41. The zero-order valence-corrected chi connectivity index (χ0v) is 31.5. The van der Waals surface area contributed by atoms with Crippen molar-refractivity contribution in [1.29, 1.82) is 0 Å². The molecule has 1 atom stereocenters. The van der Waals surface area contributed by atoms with Crippen LogP contribution in [0.1, 0.15) is 22.9 Å². The first-order valence-corrected chi connectivity index (χ1v) is 19.7. The Bertz CT molecular complexity index is 3240. The maximum Gasteiger partial charge on any atom is 0.159 e. The van der Waals surface area contributed by atoms with Crippen molar-refractivity contribution in [3.05, 3.63) is 223 Å². The van der Waals surface area contributed by atoms with Gasteiger partial charge in [-0.05, 0) is 79.0 Å². The monoisotopic (exact) mass is 740 g/mol. The van der Waals surface area contributed by atoms with E-state index in [1.165, 1.54) is 38.1 Å². The van der Waals surface area contributed by atoms with Crippen molar-refractivity contribution in [1.82, 2.24) is 10.3 Å². The summed E-state index contributed by atoms with van der Waals surface area (Å²) in [5, 5.41) is 11.8. The van der Waals surface area contributed by atoms with Gasteiger partial charge < -0.3 is 5.32 Å². The number of hydrogen-bond donors (Lipinski definition) is 1. The number of pyridine rings is 1. The zero-order valence-electron chi connectivity index (χ0n) is 31.5. The second-order valence-corrected chi connectivity index (χ2v) is 14.9. The molecule has 0 fully saturated rings. The standard InChI is InChI=1S/C54H36N4/c1-3-15-38(16-4-1)52-56-53(39-17-5-2-6-18-39)58-54(57-52)40-27-25-37(26-28-40)48-34-50(44-30-24-36-14-8-10-20-42(36)32-44)55-51-46-22-12-11-21-45(46)47(33-49(48)51)43-29-23-35-13-7-9-19-41(35)31-43/h1-34,52H,(H,56,57,58). The summed E-state index contributed by atoms with van der Waals surface area (Å²) < 4.78 is 0. The minimum absolute atomic E-state index is 0.265. The van der Waals surface area contributed by atoms with Gasteiger partial charge in [-0.15, -0.1) is 0 Å². The average Bonchev–Trinajstić information content (AvgIpc) is 3.31. The first-order chi connectivity index (χ1) is 28.7. The van der Waals surface area contributed by atoms with Crippen LogP contribution in [-0.2, 0) is 0 Å². The molecule has 1 unspecified atom stereocenters. The first kappa shape index (κ1) is 33.6. The van der Waals surface area contributed by atoms with Crippen molar-refractivity contribution >= 4 is 54.9 Å². The van der Waals surface area contributed by atoms with Crippen molar-refractivity contribution in [3.63, 3.8) is 0 Å². The molecule has 1 N–H and O–H groups in total. The van der Waals surface area contributed by atoms with Gasteiger partial charge in [0.2, 0.25) is 0 Å². The summed E-state index contributed by atoms with van der Waals surface area (Å²) in [5.41, 5.74) is 10.6. The van der Waals surface area contributed by atoms with Gasteiger partial charge in [0.1, 0.15) is 12.0 Å². The summed E-state index contributed by atoms with van der Waals surface area (Å²) in [4.78, 5) is 15.7. The van der Waals surface area contributed by atoms with Gasteiger partial charge in [0.15, 0.2) is 5.84 Å². The van der Waals surface area contributed by atoms with Gasteiger partial charge in [-0.25, -0.2) is 15.0 Å². The van der Waals surface area contributed by atoms with E-state index in [2.05, 4.69) is 187 Å². The molecule has 0 saturated heterocycles. The van der Waals surface area contributed by atoms with Crippen molar-refractivity contribution in [2.24, 2.45) is 9.98 Å². The highest BCUT2D eigenvalue weighted by Gasteiger charge is 2.22. The minimum atomic E-state index is -0.265. The molecule has 272 valence electrons. The third-order valence-electron chi connectivity index (χ3n) is 11.3. The Morgan fingerprint density at radius 3 is 1.66 bits per heavy atom. The molecule has 0 saturated carbocycles. The summed E-state index contributed by atoms with van der Waals surface area (Å²) in [6, 6.07) is 73.1. The maximum absolute atomic E-state index is 5.47. The van der Waals surface area contributed by atoms with E-state index >= 15 is 0 Å². The molecular formula is C54H36N4. The molecule has 0 spiro atoms. The lowest BCUT2D eigenvalue weighted by Crippen LogP contribution is -2.33. The molecule has 0 radical (unpaired) electrons. The normalized spacial score (nSPS) is 14.0. The number of benzene rings is 9. The molecule has 4 heteroatoms. The van der Waals surface area contributed by atoms with Crippen LogP contribution < -0.4 is 5.32 Å². The molecule has 1 aliphatic rings. The molecule has 2 heterocycles. The Labute approximate surface area is 336 Å². The molecule has 1 aliphatic heterocycles. The van der Waals surface area contributed by atoms with Gasteiger partial charge in [0, 0.05) is 27.5 Å². The van der Waals surface area contributed by atoms with Crippen LogP contribution in [0.5, 0.6) is 0 Å². The van der Waals surface area contributed by atoms with E-state index in [0.29, 0.717) is 5.84 Å². The molecule has 1 aromatic heterocycles. The Balaban J connectivity index is 1.10. The van der Waals surface area contributed by atoms with Crippen LogP contribution in [0.15, 0.2) is 216 Å². The van der Waals surface area contributed by atoms with Gasteiger partial charge in [0.05, 0.1) is 11.2 Å². The molecule has 0 aliphatic carbocycles. The number of fused-ring (bicyclic) bond motifs is 5. The number of nitrogens with one attached hydrogen (secondary N) is 1. The molecule has 11 rings (SSSR count). The third-order valence-corrected chi connectivity index (χ3v) is 11.3. The van der Waals surface area contributed by atoms with Crippen LogP contribution in [0.25, 0.3) is 76.7 Å². The predicted molar refractivity (Wildman–Crippen MR) is 242 cm³/mol. The van der Waals surface area contributed by atoms with Crippen LogP contribution in [0.4, 0.5) is 0 Å². The largest absolute Gasteiger partial charge is 0.344 e. The van der Waals surface area contributed by atoms with Crippen molar-refractivity contribution in [2.75, 3.05) is 0 Å². The Morgan fingerprint density at radius 1 is 0.379 bits per heavy atom. The van der Waals surface area contributed by atoms with Gasteiger partial charge >= 0.3 is 0 Å². The van der Waals surface area contributed by atoms with Crippen molar-refractivity contribution < 1.29 is 0 Å². The van der Waals surface area contributed by atoms with Crippen LogP contribution in [0, 0.1) is 0 Å². The second-order valence-electron chi connectivity index (χ2n) is 14.9. The minimum Gasteiger partial charge on any atom is -0.344 e. The summed E-state index contributed by atoms with van der Waals surface area (Å²) in [5.74, 6) is 1.50. The third kappa shape index (κ3) is 6.08. The molecule has 4 nitrogen and oxygen atoms in total. The lowest BCUT2D eigenvalue weighted by molar-refractivity contribution is 0.674. The van der Waals surface area contributed by atoms with E-state index in [0.717, 1.165) is 61.2 Å². The van der Waals surface area contributed by atoms with Crippen molar-refractivity contribution in [2.45, 2.75) is 6.17 Å². The Kier molecular flexibility index (Phi) is 8.18. The van der Waals surface area contributed by atoms with Gasteiger partial charge in [-0.2, -0.15) is 0 Å². The average molecular weight is 741 g/mol. The lowest BCUT2D eigenvalue weighted by Gasteiger charge is -2.23. The van der Waals surface area contributed by atoms with Crippen LogP contribution >= 0.6 is 0 Å². The Hall–Kier alpha value is -7.69. The number of aromatic nitrogens is 1. The highest BCUT2D eigenvalue weighted by molar-refractivity contribution is 6.17. The van der Waals surface area contributed by atoms with Crippen LogP contribution in [0.2, 0.25) is 0 Å². The van der Waals surface area contributed by atoms with E-state index in [1.807, 2.05) is 24.3 Å². The van der Waals surface area contributed by atoms with Crippen molar-refractivity contribution in [3.8, 4) is 33.5 Å². The number of nitrogens with zero attached hydrogens (tertiary/aromatic N) is 3. The molecule has 0 bridgehead atoms. The molecule has 58 heavy (non-hydrogen) atoms. The highest BCUT2D eigenvalue weighted by atomic mass is 15.2. The Morgan fingerprint density at radius 2 is 0.931 bits per heavy atom. The van der Waals surface area contributed by atoms with Crippen LogP contribution in [-0.4, -0.2) is 16.7 Å². The van der Waals surface area contributed by atoms with E-state index in [1.54, 1.807) is 0 Å². The van der Waals surface area contributed by atoms with Gasteiger partial charge in [-0.1, -0.05) is 182 Å². The fourth-order valence-corrected chi connectivity index (χ4v) is 8.31. The second kappa shape index (κ2) is 14.1. The van der Waals surface area contributed by atoms with Gasteiger partial charge in [-0.3, -0.25) is 0 Å². The smallest absolute Gasteiger partial charge is 0.159 e. The van der Waals surface area contributed by atoms with E-state index in [-0.39, 0.29) is 6.17 Å². The maximum atomic E-state index is 5.47. The summed E-state index contributed by atoms with van der Waals surface area (Å²) >= 11 is 0. The van der Waals surface area contributed by atoms with Gasteiger partial charge in [0.25, 0.3) is 0 Å². The fourth-order valence-electron chi connectivity index (χ4n) is 8.31. The predicted octanol–water partition coefficient (Wildman–Crippen LogP) is 13.2. The lowest BCUT2D eigenvalue weighted by atomic mass is 9.90. The van der Waals surface area contributed by atoms with Crippen LogP contribution in [0.3, 0.4) is 0 Å². The number of hydrogen-bond acceptors (Lipinski definition) is 4. The molecule has 10 aromatic rings. The topological polar surface area (TPSA) is 49.6 Å². The molecular weight excluding hydrogens is 705 g/mol. The zero-order chi connectivity index (χ0) is 38.4. The number of amidine groups is 2. The fraction of sp³-hybridized carbons (Fsp3) is 0.0185. The van der Waals surface area contributed by atoms with E-state index < -0.39 is 0 Å².